The molecule has 1 amide bonds. The predicted octanol–water partition coefficient (Wildman–Crippen LogP) is 2.93. The third-order valence-electron chi connectivity index (χ3n) is 4.19. The Morgan fingerprint density at radius 1 is 1.32 bits per heavy atom. The van der Waals surface area contributed by atoms with Gasteiger partial charge in [0.25, 0.3) is 0 Å². The Morgan fingerprint density at radius 3 is 2.82 bits per heavy atom. The molecule has 120 valence electrons. The highest BCUT2D eigenvalue weighted by atomic mass is 16.3. The van der Waals surface area contributed by atoms with Crippen LogP contribution in [-0.4, -0.2) is 29.1 Å². The van der Waals surface area contributed by atoms with Gasteiger partial charge in [-0.3, -0.25) is 4.79 Å². The third kappa shape index (κ3) is 4.10. The first-order valence-corrected chi connectivity index (χ1v) is 8.09. The smallest absolute Gasteiger partial charge is 0.224 e. The molecule has 2 aromatic rings. The predicted molar refractivity (Wildman–Crippen MR) is 89.9 cm³/mol. The van der Waals surface area contributed by atoms with Crippen molar-refractivity contribution in [2.24, 2.45) is 5.92 Å². The van der Waals surface area contributed by atoms with Gasteiger partial charge in [0, 0.05) is 29.7 Å². The Labute approximate surface area is 131 Å². The average Bonchev–Trinajstić information content (AvgIpc) is 2.81. The first-order chi connectivity index (χ1) is 10.7. The quantitative estimate of drug-likeness (QED) is 0.702. The number of fused-ring (bicyclic) bond motifs is 1. The van der Waals surface area contributed by atoms with E-state index in [1.807, 2.05) is 31.2 Å². The van der Waals surface area contributed by atoms with Crippen LogP contribution in [0, 0.1) is 12.8 Å². The van der Waals surface area contributed by atoms with Crippen molar-refractivity contribution >= 4 is 16.8 Å². The highest BCUT2D eigenvalue weighted by Crippen LogP contribution is 2.22. The number of aliphatic hydroxyl groups excluding tert-OH is 1. The van der Waals surface area contributed by atoms with E-state index in [0.717, 1.165) is 41.4 Å². The fraction of sp³-hybridized carbons (Fsp3) is 0.500. The van der Waals surface area contributed by atoms with E-state index in [0.29, 0.717) is 18.9 Å². The number of amides is 1. The maximum atomic E-state index is 12.2. The molecule has 4 nitrogen and oxygen atoms in total. The summed E-state index contributed by atoms with van der Waals surface area (Å²) >= 11 is 0. The molecule has 0 saturated heterocycles. The standard InChI is InChI=1S/C18H26N2O2/c1-3-6-14(9-10-21)12-19-18(22)11-16-13(2)20-17-8-5-4-7-15(16)17/h4-5,7-8,14,20-21H,3,6,9-12H2,1-2H3,(H,19,22). The lowest BCUT2D eigenvalue weighted by molar-refractivity contribution is -0.120. The summed E-state index contributed by atoms with van der Waals surface area (Å²) < 4.78 is 0. The Kier molecular flexibility index (Phi) is 6.01. The van der Waals surface area contributed by atoms with Crippen LogP contribution in [0.4, 0.5) is 0 Å². The number of benzene rings is 1. The molecule has 0 aliphatic heterocycles. The molecule has 22 heavy (non-hydrogen) atoms. The first-order valence-electron chi connectivity index (χ1n) is 8.09. The summed E-state index contributed by atoms with van der Waals surface area (Å²) in [5.74, 6) is 0.412. The first kappa shape index (κ1) is 16.6. The van der Waals surface area contributed by atoms with Crippen molar-refractivity contribution in [3.05, 3.63) is 35.5 Å². The molecule has 0 aliphatic rings. The number of aromatic amines is 1. The van der Waals surface area contributed by atoms with E-state index < -0.39 is 0 Å². The monoisotopic (exact) mass is 302 g/mol. The average molecular weight is 302 g/mol. The normalized spacial score (nSPS) is 12.5. The van der Waals surface area contributed by atoms with E-state index >= 15 is 0 Å². The molecular weight excluding hydrogens is 276 g/mol. The highest BCUT2D eigenvalue weighted by molar-refractivity contribution is 5.90. The van der Waals surface area contributed by atoms with Crippen molar-refractivity contribution < 1.29 is 9.90 Å². The highest BCUT2D eigenvalue weighted by Gasteiger charge is 2.14. The lowest BCUT2D eigenvalue weighted by Gasteiger charge is -2.15. The van der Waals surface area contributed by atoms with Gasteiger partial charge in [-0.1, -0.05) is 31.5 Å². The minimum atomic E-state index is 0.0481. The summed E-state index contributed by atoms with van der Waals surface area (Å²) in [6, 6.07) is 8.07. The number of aliphatic hydroxyl groups is 1. The number of aromatic nitrogens is 1. The molecule has 1 unspecified atom stereocenters. The zero-order valence-corrected chi connectivity index (χ0v) is 13.5. The molecule has 2 rings (SSSR count). The van der Waals surface area contributed by atoms with E-state index in [2.05, 4.69) is 17.2 Å². The maximum Gasteiger partial charge on any atom is 0.224 e. The maximum absolute atomic E-state index is 12.2. The largest absolute Gasteiger partial charge is 0.396 e. The number of para-hydroxylation sites is 1. The van der Waals surface area contributed by atoms with Crippen LogP contribution in [-0.2, 0) is 11.2 Å². The summed E-state index contributed by atoms with van der Waals surface area (Å²) in [5, 5.41) is 13.2. The van der Waals surface area contributed by atoms with Gasteiger partial charge in [0.1, 0.15) is 0 Å². The van der Waals surface area contributed by atoms with Gasteiger partial charge in [0.05, 0.1) is 6.42 Å². The molecule has 1 atom stereocenters. The van der Waals surface area contributed by atoms with Crippen molar-refractivity contribution in [3.63, 3.8) is 0 Å². The van der Waals surface area contributed by atoms with E-state index in [4.69, 9.17) is 5.11 Å². The number of hydrogen-bond acceptors (Lipinski definition) is 2. The second-order valence-corrected chi connectivity index (χ2v) is 5.92. The molecule has 1 aromatic carbocycles. The minimum Gasteiger partial charge on any atom is -0.396 e. The molecule has 0 fully saturated rings. The zero-order valence-electron chi connectivity index (χ0n) is 13.5. The van der Waals surface area contributed by atoms with Gasteiger partial charge >= 0.3 is 0 Å². The van der Waals surface area contributed by atoms with Crippen LogP contribution in [0.2, 0.25) is 0 Å². The van der Waals surface area contributed by atoms with Crippen molar-refractivity contribution in [2.75, 3.05) is 13.2 Å². The van der Waals surface area contributed by atoms with E-state index in [1.165, 1.54) is 0 Å². The Hall–Kier alpha value is -1.81. The summed E-state index contributed by atoms with van der Waals surface area (Å²) in [6.07, 6.45) is 3.25. The van der Waals surface area contributed by atoms with E-state index in [-0.39, 0.29) is 12.5 Å². The molecular formula is C18H26N2O2. The molecule has 3 N–H and O–H groups in total. The topological polar surface area (TPSA) is 65.1 Å². The van der Waals surface area contributed by atoms with Gasteiger partial charge in [-0.25, -0.2) is 0 Å². The molecule has 0 radical (unpaired) electrons. The lowest BCUT2D eigenvalue weighted by atomic mass is 10.00. The van der Waals surface area contributed by atoms with Crippen LogP contribution in [0.5, 0.6) is 0 Å². The van der Waals surface area contributed by atoms with E-state index in [1.54, 1.807) is 0 Å². The van der Waals surface area contributed by atoms with Crippen LogP contribution >= 0.6 is 0 Å². The fourth-order valence-corrected chi connectivity index (χ4v) is 2.98. The van der Waals surface area contributed by atoms with Crippen LogP contribution in [0.25, 0.3) is 10.9 Å². The van der Waals surface area contributed by atoms with Crippen molar-refractivity contribution in [1.29, 1.82) is 0 Å². The number of H-pyrrole nitrogens is 1. The number of nitrogens with one attached hydrogen (secondary N) is 2. The fourth-order valence-electron chi connectivity index (χ4n) is 2.98. The second-order valence-electron chi connectivity index (χ2n) is 5.92. The second kappa shape index (κ2) is 7.99. The number of hydrogen-bond donors (Lipinski definition) is 3. The molecule has 4 heteroatoms. The number of aryl methyl sites for hydroxylation is 1. The van der Waals surface area contributed by atoms with E-state index in [9.17, 15) is 4.79 Å². The van der Waals surface area contributed by atoms with Crippen molar-refractivity contribution in [3.8, 4) is 0 Å². The van der Waals surface area contributed by atoms with Gasteiger partial charge in [0.15, 0.2) is 0 Å². The Morgan fingerprint density at radius 2 is 2.09 bits per heavy atom. The number of carbonyl (C=O) groups excluding carboxylic acids is 1. The minimum absolute atomic E-state index is 0.0481. The lowest BCUT2D eigenvalue weighted by Crippen LogP contribution is -2.31. The van der Waals surface area contributed by atoms with Crippen LogP contribution in [0.3, 0.4) is 0 Å². The molecule has 0 saturated carbocycles. The Balaban J connectivity index is 1.97. The SMILES string of the molecule is CCCC(CCO)CNC(=O)Cc1c(C)[nH]c2ccccc12. The Bertz CT molecular complexity index is 613. The molecule has 0 bridgehead atoms. The number of rotatable bonds is 8. The van der Waals surface area contributed by atoms with Gasteiger partial charge in [-0.15, -0.1) is 0 Å². The number of carbonyl (C=O) groups is 1. The summed E-state index contributed by atoms with van der Waals surface area (Å²) in [4.78, 5) is 15.6. The third-order valence-corrected chi connectivity index (χ3v) is 4.19. The molecule has 1 heterocycles. The molecule has 1 aromatic heterocycles. The van der Waals surface area contributed by atoms with Crippen LogP contribution in [0.1, 0.15) is 37.4 Å². The van der Waals surface area contributed by atoms with Crippen LogP contribution < -0.4 is 5.32 Å². The van der Waals surface area contributed by atoms with Crippen molar-refractivity contribution in [2.45, 2.75) is 39.5 Å². The van der Waals surface area contributed by atoms with Gasteiger partial charge in [0.2, 0.25) is 5.91 Å². The van der Waals surface area contributed by atoms with Gasteiger partial charge in [-0.05, 0) is 37.3 Å². The van der Waals surface area contributed by atoms with Crippen molar-refractivity contribution in [1.82, 2.24) is 10.3 Å². The zero-order chi connectivity index (χ0) is 15.9. The summed E-state index contributed by atoms with van der Waals surface area (Å²) in [7, 11) is 0. The van der Waals surface area contributed by atoms with Gasteiger partial charge < -0.3 is 15.4 Å². The molecule has 0 aliphatic carbocycles. The summed E-state index contributed by atoms with van der Waals surface area (Å²) in [6.45, 7) is 4.96. The molecule has 0 spiro atoms. The van der Waals surface area contributed by atoms with Gasteiger partial charge in [-0.2, -0.15) is 0 Å². The van der Waals surface area contributed by atoms with Crippen LogP contribution in [0.15, 0.2) is 24.3 Å². The summed E-state index contributed by atoms with van der Waals surface area (Å²) in [5.41, 5.74) is 3.20.